The molecule has 0 aromatic heterocycles. The Kier molecular flexibility index (Phi) is 6.98. The lowest BCUT2D eigenvalue weighted by atomic mass is 10.0. The van der Waals surface area contributed by atoms with E-state index in [4.69, 9.17) is 5.11 Å². The number of aliphatic hydroxyl groups excluding tert-OH is 1. The Morgan fingerprint density at radius 1 is 1.40 bits per heavy atom. The van der Waals surface area contributed by atoms with Gasteiger partial charge in [-0.3, -0.25) is 0 Å². The summed E-state index contributed by atoms with van der Waals surface area (Å²) in [4.78, 5) is 0. The summed E-state index contributed by atoms with van der Waals surface area (Å²) in [6.45, 7) is 4.66. The molecule has 15 heavy (non-hydrogen) atoms. The molecule has 0 aromatic rings. The van der Waals surface area contributed by atoms with Gasteiger partial charge in [0.05, 0.1) is 0 Å². The van der Waals surface area contributed by atoms with Crippen LogP contribution in [0.2, 0.25) is 0 Å². The van der Waals surface area contributed by atoms with Gasteiger partial charge < -0.3 is 15.7 Å². The molecule has 1 heterocycles. The Bertz CT molecular complexity index is 145. The minimum atomic E-state index is 0.293. The van der Waals surface area contributed by atoms with Crippen LogP contribution in [-0.4, -0.2) is 36.9 Å². The fourth-order valence-electron chi connectivity index (χ4n) is 2.24. The summed E-state index contributed by atoms with van der Waals surface area (Å²) < 4.78 is 0. The summed E-state index contributed by atoms with van der Waals surface area (Å²) in [5, 5.41) is 15.8. The van der Waals surface area contributed by atoms with Crippen LogP contribution in [0.25, 0.3) is 0 Å². The highest BCUT2D eigenvalue weighted by molar-refractivity contribution is 4.75. The molecule has 0 saturated carbocycles. The molecule has 0 bridgehead atoms. The first-order valence-electron chi connectivity index (χ1n) is 6.40. The zero-order chi connectivity index (χ0) is 10.9. The maximum atomic E-state index is 8.69. The molecule has 0 amide bonds. The minimum Gasteiger partial charge on any atom is -0.396 e. The average Bonchev–Trinajstić information content (AvgIpc) is 2.47. The van der Waals surface area contributed by atoms with Crippen molar-refractivity contribution in [1.82, 2.24) is 10.6 Å². The summed E-state index contributed by atoms with van der Waals surface area (Å²) >= 11 is 0. The van der Waals surface area contributed by atoms with Crippen LogP contribution < -0.4 is 10.6 Å². The molecular weight excluding hydrogens is 188 g/mol. The van der Waals surface area contributed by atoms with Crippen LogP contribution in [0.3, 0.4) is 0 Å². The minimum absolute atomic E-state index is 0.293. The van der Waals surface area contributed by atoms with Gasteiger partial charge in [-0.1, -0.05) is 12.8 Å². The SMILES string of the molecule is CC(CC1CCCCCN1)NCCCO. The van der Waals surface area contributed by atoms with Gasteiger partial charge in [0.2, 0.25) is 0 Å². The van der Waals surface area contributed by atoms with Crippen LogP contribution in [0.15, 0.2) is 0 Å². The quantitative estimate of drug-likeness (QED) is 0.583. The second-order valence-corrected chi connectivity index (χ2v) is 4.67. The molecule has 2 unspecified atom stereocenters. The Labute approximate surface area is 93.6 Å². The van der Waals surface area contributed by atoms with Crippen LogP contribution in [0.4, 0.5) is 0 Å². The smallest absolute Gasteiger partial charge is 0.0443 e. The maximum Gasteiger partial charge on any atom is 0.0443 e. The summed E-state index contributed by atoms with van der Waals surface area (Å²) in [6.07, 6.45) is 7.50. The van der Waals surface area contributed by atoms with Gasteiger partial charge in [0.15, 0.2) is 0 Å². The van der Waals surface area contributed by atoms with E-state index in [0.717, 1.165) is 13.0 Å². The van der Waals surface area contributed by atoms with Crippen molar-refractivity contribution in [3.8, 4) is 0 Å². The van der Waals surface area contributed by atoms with Gasteiger partial charge in [-0.15, -0.1) is 0 Å². The van der Waals surface area contributed by atoms with Crippen LogP contribution in [0, 0.1) is 0 Å². The van der Waals surface area contributed by atoms with E-state index in [1.54, 1.807) is 0 Å². The predicted octanol–water partition coefficient (Wildman–Crippen LogP) is 1.27. The van der Waals surface area contributed by atoms with E-state index in [-0.39, 0.29) is 0 Å². The molecule has 1 rings (SSSR count). The first-order chi connectivity index (χ1) is 7.33. The van der Waals surface area contributed by atoms with Gasteiger partial charge in [0.25, 0.3) is 0 Å². The molecule has 0 radical (unpaired) electrons. The molecular formula is C12H26N2O. The van der Waals surface area contributed by atoms with Crippen molar-refractivity contribution in [3.63, 3.8) is 0 Å². The Balaban J connectivity index is 2.09. The average molecular weight is 214 g/mol. The molecule has 90 valence electrons. The van der Waals surface area contributed by atoms with E-state index < -0.39 is 0 Å². The highest BCUT2D eigenvalue weighted by Gasteiger charge is 2.14. The van der Waals surface area contributed by atoms with Gasteiger partial charge >= 0.3 is 0 Å². The second-order valence-electron chi connectivity index (χ2n) is 4.67. The zero-order valence-electron chi connectivity index (χ0n) is 9.97. The number of rotatable bonds is 6. The predicted molar refractivity (Wildman–Crippen MR) is 64.0 cm³/mol. The van der Waals surface area contributed by atoms with Crippen LogP contribution >= 0.6 is 0 Å². The number of aliphatic hydroxyl groups is 1. The van der Waals surface area contributed by atoms with Crippen molar-refractivity contribution in [2.45, 2.75) is 57.5 Å². The fraction of sp³-hybridized carbons (Fsp3) is 1.00. The molecule has 1 saturated heterocycles. The molecule has 1 aliphatic heterocycles. The fourth-order valence-corrected chi connectivity index (χ4v) is 2.24. The first-order valence-corrected chi connectivity index (χ1v) is 6.40. The molecule has 0 aromatic carbocycles. The highest BCUT2D eigenvalue weighted by Crippen LogP contribution is 2.12. The van der Waals surface area contributed by atoms with Crippen molar-refractivity contribution in [3.05, 3.63) is 0 Å². The summed E-state index contributed by atoms with van der Waals surface area (Å²) in [5.74, 6) is 0. The standard InChI is InChI=1S/C12H26N2O/c1-11(13-8-5-9-15)10-12-6-3-2-4-7-14-12/h11-15H,2-10H2,1H3. The monoisotopic (exact) mass is 214 g/mol. The van der Waals surface area contributed by atoms with Crippen molar-refractivity contribution in [1.29, 1.82) is 0 Å². The van der Waals surface area contributed by atoms with Crippen LogP contribution in [0.5, 0.6) is 0 Å². The lowest BCUT2D eigenvalue weighted by Gasteiger charge is -2.21. The Hall–Kier alpha value is -0.120. The lowest BCUT2D eigenvalue weighted by Crippen LogP contribution is -2.37. The van der Waals surface area contributed by atoms with Crippen LogP contribution in [0.1, 0.15) is 45.4 Å². The summed E-state index contributed by atoms with van der Waals surface area (Å²) in [6, 6.07) is 1.26. The molecule has 2 atom stereocenters. The maximum absolute atomic E-state index is 8.69. The van der Waals surface area contributed by atoms with E-state index in [1.807, 2.05) is 0 Å². The second kappa shape index (κ2) is 8.08. The van der Waals surface area contributed by atoms with Gasteiger partial charge in [-0.2, -0.15) is 0 Å². The molecule has 0 spiro atoms. The third-order valence-corrected chi connectivity index (χ3v) is 3.13. The van der Waals surface area contributed by atoms with Gasteiger partial charge in [-0.25, -0.2) is 0 Å². The third kappa shape index (κ3) is 6.13. The molecule has 0 aliphatic carbocycles. The van der Waals surface area contributed by atoms with Crippen molar-refractivity contribution in [2.75, 3.05) is 19.7 Å². The Morgan fingerprint density at radius 2 is 2.27 bits per heavy atom. The van der Waals surface area contributed by atoms with E-state index in [1.165, 1.54) is 38.6 Å². The zero-order valence-corrected chi connectivity index (χ0v) is 9.97. The van der Waals surface area contributed by atoms with Crippen molar-refractivity contribution in [2.24, 2.45) is 0 Å². The molecule has 1 aliphatic rings. The van der Waals surface area contributed by atoms with Gasteiger partial charge in [0, 0.05) is 18.7 Å². The normalized spacial score (nSPS) is 24.8. The molecule has 3 nitrogen and oxygen atoms in total. The Morgan fingerprint density at radius 3 is 3.07 bits per heavy atom. The molecule has 3 N–H and O–H groups in total. The largest absolute Gasteiger partial charge is 0.396 e. The molecule has 1 fully saturated rings. The first kappa shape index (κ1) is 12.9. The van der Waals surface area contributed by atoms with E-state index >= 15 is 0 Å². The van der Waals surface area contributed by atoms with E-state index in [2.05, 4.69) is 17.6 Å². The van der Waals surface area contributed by atoms with E-state index in [9.17, 15) is 0 Å². The third-order valence-electron chi connectivity index (χ3n) is 3.13. The van der Waals surface area contributed by atoms with Crippen molar-refractivity contribution >= 4 is 0 Å². The van der Waals surface area contributed by atoms with Crippen LogP contribution in [-0.2, 0) is 0 Å². The lowest BCUT2D eigenvalue weighted by molar-refractivity contribution is 0.281. The van der Waals surface area contributed by atoms with Crippen molar-refractivity contribution < 1.29 is 5.11 Å². The number of hydrogen-bond acceptors (Lipinski definition) is 3. The highest BCUT2D eigenvalue weighted by atomic mass is 16.3. The van der Waals surface area contributed by atoms with Gasteiger partial charge in [-0.05, 0) is 45.7 Å². The number of hydrogen-bond donors (Lipinski definition) is 3. The number of nitrogens with one attached hydrogen (secondary N) is 2. The van der Waals surface area contributed by atoms with E-state index in [0.29, 0.717) is 18.7 Å². The molecule has 3 heteroatoms. The summed E-state index contributed by atoms with van der Waals surface area (Å²) in [7, 11) is 0. The van der Waals surface area contributed by atoms with Gasteiger partial charge in [0.1, 0.15) is 0 Å². The topological polar surface area (TPSA) is 44.3 Å². The summed E-state index contributed by atoms with van der Waals surface area (Å²) in [5.41, 5.74) is 0.